The second kappa shape index (κ2) is 3.29. The number of fused-ring (bicyclic) bond motifs is 3. The lowest BCUT2D eigenvalue weighted by atomic mass is 9.85. The van der Waals surface area contributed by atoms with Gasteiger partial charge in [0.1, 0.15) is 6.10 Å². The van der Waals surface area contributed by atoms with Gasteiger partial charge in [-0.3, -0.25) is 9.68 Å². The van der Waals surface area contributed by atoms with Gasteiger partial charge in [-0.15, -0.1) is 0 Å². The first-order chi connectivity index (χ1) is 7.58. The van der Waals surface area contributed by atoms with Gasteiger partial charge in [0.15, 0.2) is 0 Å². The molecule has 1 aliphatic carbocycles. The summed E-state index contributed by atoms with van der Waals surface area (Å²) in [7, 11) is 1.81. The normalized spacial score (nSPS) is 33.6. The molecule has 0 bridgehead atoms. The van der Waals surface area contributed by atoms with E-state index in [0.717, 1.165) is 13.0 Å². The Kier molecular flexibility index (Phi) is 2.11. The predicted octanol–water partition coefficient (Wildman–Crippen LogP) is 2.41. The van der Waals surface area contributed by atoms with Gasteiger partial charge >= 0.3 is 0 Å². The summed E-state index contributed by atoms with van der Waals surface area (Å²) in [5, 5.41) is 1.49. The highest BCUT2D eigenvalue weighted by atomic mass is 17.0. The lowest BCUT2D eigenvalue weighted by Gasteiger charge is -2.39. The summed E-state index contributed by atoms with van der Waals surface area (Å²) >= 11 is 0. The van der Waals surface area contributed by atoms with Crippen molar-refractivity contribution in [3.05, 3.63) is 34.9 Å². The average molecular weight is 219 g/mol. The van der Waals surface area contributed by atoms with Gasteiger partial charge in [-0.05, 0) is 24.5 Å². The molecule has 1 aromatic rings. The third kappa shape index (κ3) is 1.39. The highest BCUT2D eigenvalue weighted by Crippen LogP contribution is 2.50. The molecule has 0 aromatic heterocycles. The molecular weight excluding hydrogens is 202 g/mol. The molecule has 1 saturated heterocycles. The molecule has 3 nitrogen and oxygen atoms in total. The second-order valence-electron chi connectivity index (χ2n) is 5.23. The molecule has 2 aliphatic rings. The fraction of sp³-hybridized carbons (Fsp3) is 0.538. The van der Waals surface area contributed by atoms with Crippen molar-refractivity contribution in [3.8, 4) is 0 Å². The van der Waals surface area contributed by atoms with Gasteiger partial charge in [-0.1, -0.05) is 35.9 Å². The molecule has 3 heteroatoms. The Balaban J connectivity index is 2.05. The Morgan fingerprint density at radius 3 is 3.06 bits per heavy atom. The van der Waals surface area contributed by atoms with Crippen LogP contribution in [0.2, 0.25) is 0 Å². The first-order valence-corrected chi connectivity index (χ1v) is 5.71. The van der Waals surface area contributed by atoms with Crippen LogP contribution in [0, 0.1) is 12.3 Å². The van der Waals surface area contributed by atoms with E-state index >= 15 is 0 Å². The number of hydroxylamine groups is 2. The smallest absolute Gasteiger partial charge is 0.115 e. The Hall–Kier alpha value is -0.900. The third-order valence-corrected chi connectivity index (χ3v) is 3.64. The van der Waals surface area contributed by atoms with E-state index < -0.39 is 0 Å². The molecule has 1 aromatic carbocycles. The maximum Gasteiger partial charge on any atom is 0.115 e. The van der Waals surface area contributed by atoms with Crippen molar-refractivity contribution in [2.24, 2.45) is 5.41 Å². The van der Waals surface area contributed by atoms with Gasteiger partial charge in [-0.25, -0.2) is 0 Å². The van der Waals surface area contributed by atoms with Gasteiger partial charge < -0.3 is 0 Å². The van der Waals surface area contributed by atoms with Crippen LogP contribution in [0.1, 0.15) is 29.7 Å². The standard InChI is InChI=1S/C13H17NO2/c1-9-4-5-10-7-13(2)8-15-14(3)16-12(13)11(10)6-9/h4-6,12H,7-8H2,1-3H3/t12-,13-/m0/s1. The van der Waals surface area contributed by atoms with E-state index in [9.17, 15) is 0 Å². The minimum Gasteiger partial charge on any atom is -0.274 e. The summed E-state index contributed by atoms with van der Waals surface area (Å²) in [5.74, 6) is 0. The van der Waals surface area contributed by atoms with Gasteiger partial charge in [0.25, 0.3) is 0 Å². The minimum atomic E-state index is 0.0859. The van der Waals surface area contributed by atoms with Crippen LogP contribution in [-0.2, 0) is 16.1 Å². The maximum atomic E-state index is 5.81. The van der Waals surface area contributed by atoms with Crippen LogP contribution in [0.25, 0.3) is 0 Å². The molecule has 1 aliphatic heterocycles. The fourth-order valence-electron chi connectivity index (χ4n) is 2.75. The molecule has 0 saturated carbocycles. The fourth-order valence-corrected chi connectivity index (χ4v) is 2.75. The summed E-state index contributed by atoms with van der Waals surface area (Å²) in [5.41, 5.74) is 4.11. The highest BCUT2D eigenvalue weighted by molar-refractivity contribution is 5.39. The van der Waals surface area contributed by atoms with Crippen molar-refractivity contribution >= 4 is 0 Å². The molecule has 0 unspecified atom stereocenters. The molecule has 16 heavy (non-hydrogen) atoms. The van der Waals surface area contributed by atoms with Crippen molar-refractivity contribution in [1.29, 1.82) is 0 Å². The Morgan fingerprint density at radius 2 is 2.25 bits per heavy atom. The predicted molar refractivity (Wildman–Crippen MR) is 60.5 cm³/mol. The summed E-state index contributed by atoms with van der Waals surface area (Å²) in [6.07, 6.45) is 1.18. The molecular formula is C13H17NO2. The van der Waals surface area contributed by atoms with Crippen LogP contribution in [0.4, 0.5) is 0 Å². The zero-order valence-electron chi connectivity index (χ0n) is 9.99. The molecule has 0 N–H and O–H groups in total. The summed E-state index contributed by atoms with van der Waals surface area (Å²) in [6.45, 7) is 5.08. The number of aryl methyl sites for hydroxylation is 1. The third-order valence-electron chi connectivity index (χ3n) is 3.64. The Bertz CT molecular complexity index is 432. The topological polar surface area (TPSA) is 21.7 Å². The van der Waals surface area contributed by atoms with Crippen molar-refractivity contribution < 1.29 is 9.68 Å². The van der Waals surface area contributed by atoms with Crippen molar-refractivity contribution in [2.75, 3.05) is 13.7 Å². The van der Waals surface area contributed by atoms with Gasteiger partial charge in [-0.2, -0.15) is 0 Å². The number of nitrogens with zero attached hydrogens (tertiary/aromatic N) is 1. The molecule has 1 heterocycles. The van der Waals surface area contributed by atoms with Crippen LogP contribution in [-0.4, -0.2) is 18.9 Å². The number of benzene rings is 1. The van der Waals surface area contributed by atoms with Crippen LogP contribution in [0.3, 0.4) is 0 Å². The summed E-state index contributed by atoms with van der Waals surface area (Å²) < 4.78 is 0. The molecule has 0 radical (unpaired) electrons. The zero-order valence-corrected chi connectivity index (χ0v) is 9.99. The number of rotatable bonds is 0. The van der Waals surface area contributed by atoms with Crippen molar-refractivity contribution in [1.82, 2.24) is 5.23 Å². The van der Waals surface area contributed by atoms with Crippen LogP contribution in [0.15, 0.2) is 18.2 Å². The molecule has 0 amide bonds. The summed E-state index contributed by atoms with van der Waals surface area (Å²) in [4.78, 5) is 11.3. The van der Waals surface area contributed by atoms with Gasteiger partial charge in [0, 0.05) is 12.5 Å². The Labute approximate surface area is 95.9 Å². The molecule has 0 spiro atoms. The van der Waals surface area contributed by atoms with E-state index in [4.69, 9.17) is 9.68 Å². The van der Waals surface area contributed by atoms with Gasteiger partial charge in [0.05, 0.1) is 6.61 Å². The molecule has 3 rings (SSSR count). The van der Waals surface area contributed by atoms with Crippen molar-refractivity contribution in [3.63, 3.8) is 0 Å². The second-order valence-corrected chi connectivity index (χ2v) is 5.23. The Morgan fingerprint density at radius 1 is 1.44 bits per heavy atom. The van der Waals surface area contributed by atoms with E-state index in [0.29, 0.717) is 0 Å². The number of hydrogen-bond acceptors (Lipinski definition) is 3. The quantitative estimate of drug-likeness (QED) is 0.669. The van der Waals surface area contributed by atoms with E-state index in [2.05, 4.69) is 32.0 Å². The van der Waals surface area contributed by atoms with Crippen molar-refractivity contribution in [2.45, 2.75) is 26.4 Å². The largest absolute Gasteiger partial charge is 0.274 e. The minimum absolute atomic E-state index is 0.0859. The zero-order chi connectivity index (χ0) is 11.3. The highest BCUT2D eigenvalue weighted by Gasteiger charge is 2.47. The van der Waals surface area contributed by atoms with E-state index in [1.165, 1.54) is 21.9 Å². The lowest BCUT2D eigenvalue weighted by molar-refractivity contribution is -0.430. The lowest BCUT2D eigenvalue weighted by Crippen LogP contribution is -2.41. The van der Waals surface area contributed by atoms with Crippen LogP contribution in [0.5, 0.6) is 0 Å². The molecule has 2 atom stereocenters. The number of hydrogen-bond donors (Lipinski definition) is 0. The molecule has 1 fully saturated rings. The maximum absolute atomic E-state index is 5.81. The van der Waals surface area contributed by atoms with E-state index in [1.807, 2.05) is 7.05 Å². The monoisotopic (exact) mass is 219 g/mol. The SMILES string of the molecule is Cc1ccc2c(c1)[C@@H]1ON(C)OC[C@]1(C)C2. The van der Waals surface area contributed by atoms with Crippen LogP contribution < -0.4 is 0 Å². The molecule has 86 valence electrons. The first-order valence-electron chi connectivity index (χ1n) is 5.71. The van der Waals surface area contributed by atoms with Crippen LogP contribution >= 0.6 is 0 Å². The van der Waals surface area contributed by atoms with Gasteiger partial charge in [0.2, 0.25) is 0 Å². The van der Waals surface area contributed by atoms with E-state index in [-0.39, 0.29) is 11.5 Å². The summed E-state index contributed by atoms with van der Waals surface area (Å²) in [6, 6.07) is 6.63. The first kappa shape index (κ1) is 10.3. The average Bonchev–Trinajstić information content (AvgIpc) is 2.52. The van der Waals surface area contributed by atoms with E-state index in [1.54, 1.807) is 0 Å².